The molecule has 0 aromatic heterocycles. The van der Waals surface area contributed by atoms with Crippen LogP contribution >= 0.6 is 24.0 Å². The normalized spacial score (nSPS) is 22.8. The number of piperidine rings is 1. The first kappa shape index (κ1) is 24.2. The molecular formula is C22H37IN4O2. The second-order valence-corrected chi connectivity index (χ2v) is 7.92. The highest BCUT2D eigenvalue weighted by atomic mass is 127. The summed E-state index contributed by atoms with van der Waals surface area (Å²) in [4.78, 5) is 6.93. The minimum Gasteiger partial charge on any atom is -0.488 e. The third kappa shape index (κ3) is 7.61. The Balaban J connectivity index is 0.00000300. The zero-order chi connectivity index (χ0) is 19.8. The largest absolute Gasteiger partial charge is 0.488 e. The summed E-state index contributed by atoms with van der Waals surface area (Å²) in [6, 6.07) is 6.39. The quantitative estimate of drug-likeness (QED) is 0.331. The number of hydrogen-bond donors (Lipinski definition) is 2. The Morgan fingerprint density at radius 1 is 1.31 bits per heavy atom. The van der Waals surface area contributed by atoms with E-state index in [1.165, 1.54) is 31.5 Å². The van der Waals surface area contributed by atoms with E-state index < -0.39 is 0 Å². The Morgan fingerprint density at radius 2 is 2.17 bits per heavy atom. The van der Waals surface area contributed by atoms with Crippen molar-refractivity contribution in [2.24, 2.45) is 10.9 Å². The number of likely N-dealkylation sites (tertiary alicyclic amines) is 1. The van der Waals surface area contributed by atoms with Gasteiger partial charge in [0.15, 0.2) is 5.96 Å². The molecule has 2 saturated heterocycles. The molecule has 1 aromatic carbocycles. The van der Waals surface area contributed by atoms with Crippen molar-refractivity contribution in [3.05, 3.63) is 29.3 Å². The van der Waals surface area contributed by atoms with Gasteiger partial charge < -0.3 is 25.0 Å². The standard InChI is InChI=1S/C22H36N4O2.HI/c1-4-26-10-5-6-18(15-26)13-24-22(23-3)25-14-19-8-7-17(2)12-21(19)28-20-9-11-27-16-20;/h7-8,12,18,20H,4-6,9-11,13-16H2,1-3H3,(H2,23,24,25);1H. The lowest BCUT2D eigenvalue weighted by Gasteiger charge is -2.32. The van der Waals surface area contributed by atoms with E-state index in [9.17, 15) is 0 Å². The first-order valence-corrected chi connectivity index (χ1v) is 10.7. The molecule has 6 nitrogen and oxygen atoms in total. The monoisotopic (exact) mass is 516 g/mol. The van der Waals surface area contributed by atoms with Gasteiger partial charge in [0.2, 0.25) is 0 Å². The zero-order valence-electron chi connectivity index (χ0n) is 18.1. The van der Waals surface area contributed by atoms with Crippen LogP contribution in [0.25, 0.3) is 0 Å². The summed E-state index contributed by atoms with van der Waals surface area (Å²) in [6.45, 7) is 11.0. The maximum Gasteiger partial charge on any atom is 0.191 e. The van der Waals surface area contributed by atoms with E-state index in [1.54, 1.807) is 0 Å². The maximum absolute atomic E-state index is 6.20. The van der Waals surface area contributed by atoms with Gasteiger partial charge >= 0.3 is 0 Å². The molecule has 2 heterocycles. The number of aliphatic imine (C=N–C) groups is 1. The van der Waals surface area contributed by atoms with Crippen molar-refractivity contribution in [3.63, 3.8) is 0 Å². The third-order valence-corrected chi connectivity index (χ3v) is 5.68. The van der Waals surface area contributed by atoms with Crippen LogP contribution in [0.3, 0.4) is 0 Å². The number of nitrogens with zero attached hydrogens (tertiary/aromatic N) is 2. The van der Waals surface area contributed by atoms with Crippen LogP contribution in [-0.2, 0) is 11.3 Å². The fourth-order valence-electron chi connectivity index (χ4n) is 3.95. The number of benzene rings is 1. The number of guanidine groups is 1. The maximum atomic E-state index is 6.20. The topological polar surface area (TPSA) is 58.1 Å². The number of aryl methyl sites for hydroxylation is 1. The molecule has 0 spiro atoms. The van der Waals surface area contributed by atoms with E-state index in [2.05, 4.69) is 52.6 Å². The molecule has 164 valence electrons. The minimum atomic E-state index is 0. The predicted molar refractivity (Wildman–Crippen MR) is 129 cm³/mol. The molecule has 7 heteroatoms. The lowest BCUT2D eigenvalue weighted by Crippen LogP contribution is -2.44. The van der Waals surface area contributed by atoms with E-state index in [0.717, 1.165) is 43.4 Å². The van der Waals surface area contributed by atoms with Gasteiger partial charge in [-0.05, 0) is 50.4 Å². The molecule has 0 aliphatic carbocycles. The number of ether oxygens (including phenoxy) is 2. The van der Waals surface area contributed by atoms with Gasteiger partial charge in [-0.1, -0.05) is 19.1 Å². The fraction of sp³-hybridized carbons (Fsp3) is 0.682. The molecule has 1 aromatic rings. The molecule has 2 fully saturated rings. The van der Waals surface area contributed by atoms with Crippen LogP contribution in [0.15, 0.2) is 23.2 Å². The molecule has 0 bridgehead atoms. The van der Waals surface area contributed by atoms with Gasteiger partial charge in [-0.3, -0.25) is 4.99 Å². The minimum absolute atomic E-state index is 0. The molecule has 0 saturated carbocycles. The zero-order valence-corrected chi connectivity index (χ0v) is 20.4. The smallest absolute Gasteiger partial charge is 0.191 e. The summed E-state index contributed by atoms with van der Waals surface area (Å²) < 4.78 is 11.6. The highest BCUT2D eigenvalue weighted by molar-refractivity contribution is 14.0. The van der Waals surface area contributed by atoms with Crippen molar-refractivity contribution in [1.82, 2.24) is 15.5 Å². The van der Waals surface area contributed by atoms with Gasteiger partial charge in [-0.2, -0.15) is 0 Å². The van der Waals surface area contributed by atoms with Gasteiger partial charge in [0.05, 0.1) is 13.2 Å². The Labute approximate surface area is 192 Å². The van der Waals surface area contributed by atoms with Crippen molar-refractivity contribution in [2.45, 2.75) is 45.8 Å². The number of nitrogens with one attached hydrogen (secondary N) is 2. The molecule has 3 rings (SSSR count). The van der Waals surface area contributed by atoms with E-state index in [4.69, 9.17) is 9.47 Å². The summed E-state index contributed by atoms with van der Waals surface area (Å²) in [5.74, 6) is 2.49. The van der Waals surface area contributed by atoms with Gasteiger partial charge in [-0.15, -0.1) is 24.0 Å². The van der Waals surface area contributed by atoms with Crippen molar-refractivity contribution < 1.29 is 9.47 Å². The van der Waals surface area contributed by atoms with Crippen LogP contribution < -0.4 is 15.4 Å². The summed E-state index contributed by atoms with van der Waals surface area (Å²) in [5, 5.41) is 6.96. The van der Waals surface area contributed by atoms with Crippen LogP contribution in [0, 0.1) is 12.8 Å². The lowest BCUT2D eigenvalue weighted by atomic mass is 9.98. The van der Waals surface area contributed by atoms with Gasteiger partial charge in [0, 0.05) is 38.7 Å². The van der Waals surface area contributed by atoms with Crippen molar-refractivity contribution >= 4 is 29.9 Å². The van der Waals surface area contributed by atoms with Crippen molar-refractivity contribution in [3.8, 4) is 5.75 Å². The fourth-order valence-corrected chi connectivity index (χ4v) is 3.95. The first-order chi connectivity index (χ1) is 13.7. The van der Waals surface area contributed by atoms with Crippen LogP contribution in [0.2, 0.25) is 0 Å². The van der Waals surface area contributed by atoms with E-state index >= 15 is 0 Å². The summed E-state index contributed by atoms with van der Waals surface area (Å²) in [7, 11) is 1.83. The highest BCUT2D eigenvalue weighted by Gasteiger charge is 2.20. The number of rotatable bonds is 7. The molecular weight excluding hydrogens is 479 g/mol. The van der Waals surface area contributed by atoms with Crippen LogP contribution in [-0.4, -0.2) is 63.4 Å². The number of hydrogen-bond acceptors (Lipinski definition) is 4. The lowest BCUT2D eigenvalue weighted by molar-refractivity contribution is 0.140. The van der Waals surface area contributed by atoms with E-state index in [0.29, 0.717) is 19.1 Å². The molecule has 0 radical (unpaired) electrons. The summed E-state index contributed by atoms with van der Waals surface area (Å²) >= 11 is 0. The third-order valence-electron chi connectivity index (χ3n) is 5.68. The Bertz CT molecular complexity index is 650. The summed E-state index contributed by atoms with van der Waals surface area (Å²) in [5.41, 5.74) is 2.35. The Kier molecular flexibility index (Phi) is 10.5. The summed E-state index contributed by atoms with van der Waals surface area (Å²) in [6.07, 6.45) is 3.70. The van der Waals surface area contributed by atoms with Crippen LogP contribution in [0.4, 0.5) is 0 Å². The average molecular weight is 516 g/mol. The van der Waals surface area contributed by atoms with Gasteiger partial charge in [0.1, 0.15) is 11.9 Å². The second-order valence-electron chi connectivity index (χ2n) is 7.92. The molecule has 0 amide bonds. The molecule has 2 unspecified atom stereocenters. The Hall–Kier alpha value is -1.06. The second kappa shape index (κ2) is 12.6. The van der Waals surface area contributed by atoms with E-state index in [1.807, 2.05) is 7.05 Å². The molecule has 2 N–H and O–H groups in total. The average Bonchev–Trinajstić information content (AvgIpc) is 3.22. The van der Waals surface area contributed by atoms with Crippen LogP contribution in [0.5, 0.6) is 5.75 Å². The highest BCUT2D eigenvalue weighted by Crippen LogP contribution is 2.24. The van der Waals surface area contributed by atoms with Gasteiger partial charge in [-0.25, -0.2) is 0 Å². The van der Waals surface area contributed by atoms with Gasteiger partial charge in [0.25, 0.3) is 0 Å². The molecule has 2 aliphatic rings. The number of halogens is 1. The van der Waals surface area contributed by atoms with Crippen molar-refractivity contribution in [1.29, 1.82) is 0 Å². The molecule has 2 aliphatic heterocycles. The van der Waals surface area contributed by atoms with E-state index in [-0.39, 0.29) is 30.1 Å². The predicted octanol–water partition coefficient (Wildman–Crippen LogP) is 3.18. The van der Waals surface area contributed by atoms with Crippen molar-refractivity contribution in [2.75, 3.05) is 46.4 Å². The molecule has 29 heavy (non-hydrogen) atoms. The molecule has 2 atom stereocenters. The Morgan fingerprint density at radius 3 is 2.90 bits per heavy atom. The SMILES string of the molecule is CCN1CCCC(CNC(=NC)NCc2ccc(C)cc2OC2CCOC2)C1.I. The van der Waals surface area contributed by atoms with Crippen LogP contribution in [0.1, 0.15) is 37.3 Å². The first-order valence-electron chi connectivity index (χ1n) is 10.7.